The first kappa shape index (κ1) is 51.5. The summed E-state index contributed by atoms with van der Waals surface area (Å²) in [6.07, 6.45) is 3.06. The number of amides is 8. The first-order valence-corrected chi connectivity index (χ1v) is 22.0. The molecule has 2 heterocycles. The minimum atomic E-state index is -1.55. The van der Waals surface area contributed by atoms with Crippen LogP contribution >= 0.6 is 0 Å². The zero-order chi connectivity index (χ0) is 48.5. The summed E-state index contributed by atoms with van der Waals surface area (Å²) < 4.78 is 0. The Balaban J connectivity index is 1.63. The molecule has 0 spiro atoms. The molecule has 3 aromatic rings. The van der Waals surface area contributed by atoms with E-state index < -0.39 is 108 Å². The number of hydrogen-bond donors (Lipinski definition) is 9. The Morgan fingerprint density at radius 3 is 1.79 bits per heavy atom. The SMILES string of the molecule is CC[C@H](C)[C@H](NC(=O)[C@H](CC(N)=O)NC(=O)[C@@H]1CCCN1C(=O)[C@H](Cc1ccccc1)NC(=O)[C@H](Cc1ccccc1)NC(=O)[C@H](Cc1cnc[nH]1)NC(=O)[C@@H](NC(C)=O)C(C)C)C(=O)O. The van der Waals surface area contributed by atoms with Crippen LogP contribution in [0.1, 0.15) is 77.1 Å². The maximum Gasteiger partial charge on any atom is 0.326 e. The molecular weight excluding hydrogens is 853 g/mol. The van der Waals surface area contributed by atoms with E-state index in [2.05, 4.69) is 41.9 Å². The number of nitrogens with two attached hydrogens (primary N) is 1. The molecule has 8 amide bonds. The number of hydrogen-bond acceptors (Lipinski definition) is 10. The number of primary amides is 1. The maximum atomic E-state index is 14.7. The van der Waals surface area contributed by atoms with Gasteiger partial charge >= 0.3 is 5.97 Å². The average molecular weight is 915 g/mol. The van der Waals surface area contributed by atoms with Crippen molar-refractivity contribution in [1.82, 2.24) is 46.8 Å². The molecule has 20 heteroatoms. The lowest BCUT2D eigenvalue weighted by atomic mass is 9.98. The van der Waals surface area contributed by atoms with Crippen molar-refractivity contribution in [3.05, 3.63) is 90.0 Å². The zero-order valence-corrected chi connectivity index (χ0v) is 37.9. The van der Waals surface area contributed by atoms with Crippen LogP contribution in [0, 0.1) is 11.8 Å². The molecule has 0 unspecified atom stereocenters. The fraction of sp³-hybridized carbons (Fsp3) is 0.478. The van der Waals surface area contributed by atoms with Gasteiger partial charge in [-0.2, -0.15) is 0 Å². The molecule has 8 atom stereocenters. The number of carboxylic acids is 1. The molecular formula is C46H62N10O10. The Morgan fingerprint density at radius 2 is 1.27 bits per heavy atom. The second-order valence-electron chi connectivity index (χ2n) is 16.9. The Hall–Kier alpha value is -7.12. The fourth-order valence-electron chi connectivity index (χ4n) is 7.61. The molecule has 10 N–H and O–H groups in total. The van der Waals surface area contributed by atoms with Gasteiger partial charge in [0.1, 0.15) is 42.3 Å². The molecule has 1 saturated heterocycles. The van der Waals surface area contributed by atoms with E-state index in [9.17, 15) is 48.3 Å². The fourth-order valence-corrected chi connectivity index (χ4v) is 7.61. The summed E-state index contributed by atoms with van der Waals surface area (Å²) in [5, 5.41) is 25.6. The summed E-state index contributed by atoms with van der Waals surface area (Å²) in [7, 11) is 0. The topological polar surface area (TPSA) is 304 Å². The van der Waals surface area contributed by atoms with Crippen LogP contribution in [-0.4, -0.2) is 122 Å². The molecule has 20 nitrogen and oxygen atoms in total. The lowest BCUT2D eigenvalue weighted by Crippen LogP contribution is -2.61. The van der Waals surface area contributed by atoms with Crippen molar-refractivity contribution in [2.24, 2.45) is 17.6 Å². The van der Waals surface area contributed by atoms with E-state index in [-0.39, 0.29) is 38.1 Å². The standard InChI is InChI=1S/C46H62N10O10/c1-6-27(4)39(46(65)66)55-42(61)34(23-37(47)58)52-43(62)36-18-13-19-56(36)45(64)35(21-30-16-11-8-12-17-30)54-40(59)32(20-29-14-9-7-10-15-29)51-41(60)33(22-31-24-48-25-49-31)53-44(63)38(26(2)3)50-28(5)57/h7-12,14-17,24-27,32-36,38-39H,6,13,18-23H2,1-5H3,(H2,47,58)(H,48,49)(H,50,57)(H,51,60)(H,52,62)(H,53,63)(H,54,59)(H,55,61)(H,65,66)/t27-,32-,33-,34-,35-,36-,38-,39-/m0/s1. The smallest absolute Gasteiger partial charge is 0.326 e. The van der Waals surface area contributed by atoms with Crippen molar-refractivity contribution in [2.45, 2.75) is 122 Å². The summed E-state index contributed by atoms with van der Waals surface area (Å²) in [5.41, 5.74) is 7.24. The lowest BCUT2D eigenvalue weighted by Gasteiger charge is -2.31. The van der Waals surface area contributed by atoms with Gasteiger partial charge in [0.05, 0.1) is 12.7 Å². The molecule has 1 fully saturated rings. The van der Waals surface area contributed by atoms with Gasteiger partial charge in [-0.1, -0.05) is 94.8 Å². The van der Waals surface area contributed by atoms with E-state index in [4.69, 9.17) is 5.73 Å². The van der Waals surface area contributed by atoms with Gasteiger partial charge in [-0.15, -0.1) is 0 Å². The highest BCUT2D eigenvalue weighted by atomic mass is 16.4. The molecule has 2 aromatic carbocycles. The third-order valence-electron chi connectivity index (χ3n) is 11.4. The second-order valence-corrected chi connectivity index (χ2v) is 16.9. The minimum absolute atomic E-state index is 0.0284. The van der Waals surface area contributed by atoms with Crippen molar-refractivity contribution in [2.75, 3.05) is 6.54 Å². The van der Waals surface area contributed by atoms with Crippen molar-refractivity contribution in [3.8, 4) is 0 Å². The van der Waals surface area contributed by atoms with Gasteiger partial charge < -0.3 is 52.6 Å². The van der Waals surface area contributed by atoms with Crippen molar-refractivity contribution < 1.29 is 48.3 Å². The third kappa shape index (κ3) is 15.3. The predicted octanol–water partition coefficient (Wildman–Crippen LogP) is 0.0194. The van der Waals surface area contributed by atoms with Crippen LogP contribution in [0.25, 0.3) is 0 Å². The number of imidazole rings is 1. The molecule has 1 aliphatic rings. The summed E-state index contributed by atoms with van der Waals surface area (Å²) in [4.78, 5) is 129. The van der Waals surface area contributed by atoms with Crippen LogP contribution in [0.4, 0.5) is 0 Å². The number of benzene rings is 2. The predicted molar refractivity (Wildman–Crippen MR) is 240 cm³/mol. The second kappa shape index (κ2) is 24.8. The van der Waals surface area contributed by atoms with Crippen molar-refractivity contribution >= 4 is 53.2 Å². The Labute approximate surface area is 383 Å². The number of rotatable bonds is 24. The molecule has 0 aliphatic carbocycles. The number of aliphatic carboxylic acids is 1. The van der Waals surface area contributed by atoms with E-state index in [1.165, 1.54) is 24.3 Å². The molecule has 0 radical (unpaired) electrons. The Kier molecular flexibility index (Phi) is 19.4. The van der Waals surface area contributed by atoms with Crippen LogP contribution in [0.2, 0.25) is 0 Å². The summed E-state index contributed by atoms with van der Waals surface area (Å²) >= 11 is 0. The molecule has 356 valence electrons. The summed E-state index contributed by atoms with van der Waals surface area (Å²) in [5.74, 6) is -8.00. The molecule has 1 aliphatic heterocycles. The largest absolute Gasteiger partial charge is 0.480 e. The molecule has 1 aromatic heterocycles. The van der Waals surface area contributed by atoms with E-state index in [0.717, 1.165) is 0 Å². The number of nitrogens with zero attached hydrogens (tertiary/aromatic N) is 2. The minimum Gasteiger partial charge on any atom is -0.480 e. The van der Waals surface area contributed by atoms with Crippen molar-refractivity contribution in [3.63, 3.8) is 0 Å². The van der Waals surface area contributed by atoms with Crippen LogP contribution in [0.15, 0.2) is 73.2 Å². The highest BCUT2D eigenvalue weighted by Crippen LogP contribution is 2.21. The normalized spacial score (nSPS) is 16.6. The van der Waals surface area contributed by atoms with Gasteiger partial charge in [0, 0.05) is 44.6 Å². The molecule has 66 heavy (non-hydrogen) atoms. The number of nitrogens with one attached hydrogen (secondary N) is 7. The van der Waals surface area contributed by atoms with Crippen LogP contribution in [-0.2, 0) is 62.4 Å². The number of carbonyl (C=O) groups is 9. The van der Waals surface area contributed by atoms with Crippen LogP contribution < -0.4 is 37.6 Å². The highest BCUT2D eigenvalue weighted by Gasteiger charge is 2.41. The van der Waals surface area contributed by atoms with Gasteiger partial charge in [-0.05, 0) is 35.8 Å². The maximum absolute atomic E-state index is 14.7. The van der Waals surface area contributed by atoms with E-state index in [1.807, 2.05) is 0 Å². The van der Waals surface area contributed by atoms with E-state index in [1.54, 1.807) is 88.4 Å². The van der Waals surface area contributed by atoms with Gasteiger partial charge in [0.2, 0.25) is 47.3 Å². The third-order valence-corrected chi connectivity index (χ3v) is 11.4. The van der Waals surface area contributed by atoms with Crippen LogP contribution in [0.3, 0.4) is 0 Å². The highest BCUT2D eigenvalue weighted by molar-refractivity contribution is 5.98. The summed E-state index contributed by atoms with van der Waals surface area (Å²) in [6.45, 7) is 8.22. The summed E-state index contributed by atoms with van der Waals surface area (Å²) in [6, 6.07) is 8.79. The monoisotopic (exact) mass is 914 g/mol. The Morgan fingerprint density at radius 1 is 0.727 bits per heavy atom. The van der Waals surface area contributed by atoms with Crippen LogP contribution in [0.5, 0.6) is 0 Å². The first-order valence-electron chi connectivity index (χ1n) is 22.0. The molecule has 4 rings (SSSR count). The average Bonchev–Trinajstić information content (AvgIpc) is 3.99. The van der Waals surface area contributed by atoms with E-state index in [0.29, 0.717) is 29.7 Å². The zero-order valence-electron chi connectivity index (χ0n) is 37.9. The first-order chi connectivity index (χ1) is 31.4. The number of aromatic nitrogens is 2. The number of H-pyrrole nitrogens is 1. The van der Waals surface area contributed by atoms with Gasteiger partial charge in [-0.3, -0.25) is 38.4 Å². The number of carbonyl (C=O) groups excluding carboxylic acids is 8. The number of carboxylic acid groups (broad SMARTS) is 1. The van der Waals surface area contributed by atoms with Gasteiger partial charge in [0.25, 0.3) is 0 Å². The van der Waals surface area contributed by atoms with Gasteiger partial charge in [0.15, 0.2) is 0 Å². The number of aromatic amines is 1. The Bertz CT molecular complexity index is 2150. The number of likely N-dealkylation sites (tertiary alicyclic amines) is 1. The molecule has 0 saturated carbocycles. The quantitative estimate of drug-likeness (QED) is 0.0577. The molecule has 0 bridgehead atoms. The van der Waals surface area contributed by atoms with Gasteiger partial charge in [-0.25, -0.2) is 9.78 Å². The van der Waals surface area contributed by atoms with E-state index >= 15 is 0 Å². The van der Waals surface area contributed by atoms with Crippen molar-refractivity contribution in [1.29, 1.82) is 0 Å². The lowest BCUT2D eigenvalue weighted by molar-refractivity contribution is -0.144.